The van der Waals surface area contributed by atoms with Crippen LogP contribution in [0.25, 0.3) is 0 Å². The van der Waals surface area contributed by atoms with Crippen molar-refractivity contribution in [3.05, 3.63) is 63.0 Å². The van der Waals surface area contributed by atoms with E-state index in [9.17, 15) is 9.59 Å². The summed E-state index contributed by atoms with van der Waals surface area (Å²) < 4.78 is 1.28. The number of amides is 2. The Bertz CT molecular complexity index is 628. The van der Waals surface area contributed by atoms with Gasteiger partial charge in [-0.15, -0.1) is 0 Å². The number of imide groups is 1. The first-order valence-electron chi connectivity index (χ1n) is 5.36. The molecule has 0 aromatic heterocycles. The van der Waals surface area contributed by atoms with Crippen LogP contribution in [0.15, 0.2) is 57.5 Å². The minimum Gasteiger partial charge on any atom is -0.268 e. The summed E-state index contributed by atoms with van der Waals surface area (Å²) in [6, 6.07) is 13.9. The Kier molecular flexibility index (Phi) is 4.50. The molecule has 0 N–H and O–H groups in total. The van der Waals surface area contributed by atoms with Gasteiger partial charge in [-0.1, -0.05) is 24.3 Å². The molecule has 0 atom stereocenters. The molecular weight excluding hydrogens is 374 g/mol. The van der Waals surface area contributed by atoms with E-state index < -0.39 is 5.91 Å². The average Bonchev–Trinajstić information content (AvgIpc) is 2.42. The maximum atomic E-state index is 12.4. The predicted molar refractivity (Wildman–Crippen MR) is 80.8 cm³/mol. The molecule has 0 aliphatic carbocycles. The Morgan fingerprint density at radius 1 is 0.947 bits per heavy atom. The molecule has 0 heterocycles. The van der Waals surface area contributed by atoms with E-state index in [2.05, 4.69) is 31.9 Å². The van der Waals surface area contributed by atoms with E-state index in [4.69, 9.17) is 0 Å². The van der Waals surface area contributed by atoms with Crippen molar-refractivity contribution in [3.63, 3.8) is 0 Å². The maximum absolute atomic E-state index is 12.4. The highest BCUT2D eigenvalue weighted by Crippen LogP contribution is 2.27. The fourth-order valence-electron chi connectivity index (χ4n) is 1.59. The zero-order chi connectivity index (χ0) is 13.8. The molecule has 0 unspecified atom stereocenters. The smallest absolute Gasteiger partial charge is 0.268 e. The summed E-state index contributed by atoms with van der Waals surface area (Å²) in [4.78, 5) is 24.4. The minimum atomic E-state index is -0.436. The van der Waals surface area contributed by atoms with Crippen molar-refractivity contribution < 1.29 is 9.59 Å². The van der Waals surface area contributed by atoms with Gasteiger partial charge in [0.2, 0.25) is 0 Å². The molecule has 5 heteroatoms. The van der Waals surface area contributed by atoms with Crippen LogP contribution in [0.2, 0.25) is 0 Å². The Morgan fingerprint density at radius 3 is 2.11 bits per heavy atom. The Hall–Kier alpha value is -1.46. The molecule has 2 aromatic carbocycles. The summed E-state index contributed by atoms with van der Waals surface area (Å²) in [7, 11) is 0. The highest BCUT2D eigenvalue weighted by atomic mass is 79.9. The van der Waals surface area contributed by atoms with Crippen LogP contribution in [0.3, 0.4) is 0 Å². The largest absolute Gasteiger partial charge is 0.324 e. The zero-order valence-electron chi connectivity index (χ0n) is 9.64. The number of para-hydroxylation sites is 1. The van der Waals surface area contributed by atoms with Gasteiger partial charge in [0.15, 0.2) is 0 Å². The summed E-state index contributed by atoms with van der Waals surface area (Å²) in [5.41, 5.74) is 0.861. The third-order valence-electron chi connectivity index (χ3n) is 2.49. The number of anilines is 1. The van der Waals surface area contributed by atoms with Crippen LogP contribution in [0.1, 0.15) is 10.4 Å². The molecule has 2 amide bonds. The monoisotopic (exact) mass is 380 g/mol. The van der Waals surface area contributed by atoms with Crippen LogP contribution in [-0.2, 0) is 4.79 Å². The van der Waals surface area contributed by atoms with Crippen molar-refractivity contribution in [1.29, 1.82) is 0 Å². The standard InChI is InChI=1S/C14H8Br2NO2/c15-11-6-2-1-5-10(11)14(19)17(9-18)13-8-4-3-7-12(13)16/h1-8H. The molecule has 0 saturated carbocycles. The van der Waals surface area contributed by atoms with Gasteiger partial charge in [0, 0.05) is 8.95 Å². The molecule has 19 heavy (non-hydrogen) atoms. The minimum absolute atomic E-state index is 0.404. The number of hydrogen-bond acceptors (Lipinski definition) is 2. The van der Waals surface area contributed by atoms with Crippen molar-refractivity contribution in [3.8, 4) is 0 Å². The van der Waals surface area contributed by atoms with Crippen molar-refractivity contribution >= 4 is 49.9 Å². The molecule has 0 spiro atoms. The Balaban J connectivity index is 2.44. The zero-order valence-corrected chi connectivity index (χ0v) is 12.8. The molecule has 0 aliphatic rings. The molecule has 2 rings (SSSR count). The molecule has 3 nitrogen and oxygen atoms in total. The van der Waals surface area contributed by atoms with Crippen LogP contribution in [0.4, 0.5) is 5.69 Å². The molecular formula is C14H8Br2NO2. The number of benzene rings is 2. The molecule has 1 radical (unpaired) electrons. The first-order chi connectivity index (χ1) is 9.15. The second-order valence-corrected chi connectivity index (χ2v) is 5.37. The Morgan fingerprint density at radius 2 is 1.53 bits per heavy atom. The van der Waals surface area contributed by atoms with Gasteiger partial charge in [0.25, 0.3) is 5.91 Å². The lowest BCUT2D eigenvalue weighted by Crippen LogP contribution is -2.29. The van der Waals surface area contributed by atoms with Gasteiger partial charge < -0.3 is 0 Å². The number of halogens is 2. The van der Waals surface area contributed by atoms with E-state index in [1.807, 2.05) is 0 Å². The van der Waals surface area contributed by atoms with Gasteiger partial charge in [-0.3, -0.25) is 9.59 Å². The number of nitrogens with zero attached hydrogens (tertiary/aromatic N) is 1. The average molecular weight is 382 g/mol. The lowest BCUT2D eigenvalue weighted by molar-refractivity contribution is 0.100. The summed E-state index contributed by atoms with van der Waals surface area (Å²) in [6.07, 6.45) is 1.67. The van der Waals surface area contributed by atoms with E-state index in [1.54, 1.807) is 54.9 Å². The van der Waals surface area contributed by atoms with E-state index in [0.717, 1.165) is 4.90 Å². The van der Waals surface area contributed by atoms with Gasteiger partial charge in [0.05, 0.1) is 11.3 Å². The number of carbonyl (C=O) groups excluding carboxylic acids is 2. The van der Waals surface area contributed by atoms with Crippen molar-refractivity contribution in [2.24, 2.45) is 0 Å². The van der Waals surface area contributed by atoms with Crippen LogP contribution in [0, 0.1) is 0 Å². The molecule has 0 saturated heterocycles. The second-order valence-electron chi connectivity index (χ2n) is 3.66. The van der Waals surface area contributed by atoms with Crippen molar-refractivity contribution in [1.82, 2.24) is 0 Å². The van der Waals surface area contributed by atoms with Crippen LogP contribution in [0.5, 0.6) is 0 Å². The summed E-state index contributed by atoms with van der Waals surface area (Å²) >= 11 is 6.61. The van der Waals surface area contributed by atoms with Crippen LogP contribution < -0.4 is 4.90 Å². The molecule has 0 bridgehead atoms. The van der Waals surface area contributed by atoms with Gasteiger partial charge in [-0.2, -0.15) is 0 Å². The normalized spacial score (nSPS) is 10.0. The quantitative estimate of drug-likeness (QED) is 0.755. The third kappa shape index (κ3) is 2.93. The lowest BCUT2D eigenvalue weighted by Gasteiger charge is -2.16. The van der Waals surface area contributed by atoms with Gasteiger partial charge in [0.1, 0.15) is 0 Å². The fraction of sp³-hybridized carbons (Fsp3) is 0. The number of hydrogen-bond donors (Lipinski definition) is 0. The summed E-state index contributed by atoms with van der Waals surface area (Å²) in [6.45, 7) is 0. The second kappa shape index (κ2) is 6.12. The predicted octanol–water partition coefficient (Wildman–Crippen LogP) is 3.93. The van der Waals surface area contributed by atoms with Crippen molar-refractivity contribution in [2.45, 2.75) is 0 Å². The fourth-order valence-corrected chi connectivity index (χ4v) is 2.50. The van der Waals surface area contributed by atoms with E-state index in [0.29, 0.717) is 20.2 Å². The summed E-state index contributed by atoms with van der Waals surface area (Å²) in [5, 5.41) is 0. The third-order valence-corrected chi connectivity index (χ3v) is 3.85. The highest BCUT2D eigenvalue weighted by molar-refractivity contribution is 9.11. The van der Waals surface area contributed by atoms with Crippen molar-refractivity contribution in [2.75, 3.05) is 4.90 Å². The molecule has 0 aliphatic heterocycles. The van der Waals surface area contributed by atoms with E-state index in [-0.39, 0.29) is 0 Å². The first-order valence-corrected chi connectivity index (χ1v) is 6.95. The van der Waals surface area contributed by atoms with Gasteiger partial charge in [-0.05, 0) is 56.1 Å². The topological polar surface area (TPSA) is 37.4 Å². The molecule has 95 valence electrons. The van der Waals surface area contributed by atoms with E-state index >= 15 is 0 Å². The van der Waals surface area contributed by atoms with Crippen LogP contribution in [-0.4, -0.2) is 12.3 Å². The van der Waals surface area contributed by atoms with Gasteiger partial charge >= 0.3 is 6.41 Å². The molecule has 2 aromatic rings. The number of rotatable bonds is 3. The maximum Gasteiger partial charge on any atom is 0.324 e. The molecule has 0 fully saturated rings. The first kappa shape index (κ1) is 14.0. The SMILES string of the molecule is O=[C]N(C(=O)c1ccccc1Br)c1ccccc1Br. The van der Waals surface area contributed by atoms with E-state index in [1.165, 1.54) is 0 Å². The Labute approximate surface area is 127 Å². The van der Waals surface area contributed by atoms with Gasteiger partial charge in [-0.25, -0.2) is 4.90 Å². The highest BCUT2D eigenvalue weighted by Gasteiger charge is 2.21. The number of carbonyl (C=O) groups is 1. The lowest BCUT2D eigenvalue weighted by atomic mass is 10.2. The summed E-state index contributed by atoms with van der Waals surface area (Å²) in [5.74, 6) is -0.436. The van der Waals surface area contributed by atoms with Crippen LogP contribution >= 0.6 is 31.9 Å².